The van der Waals surface area contributed by atoms with E-state index in [1.165, 1.54) is 18.4 Å². The summed E-state index contributed by atoms with van der Waals surface area (Å²) in [4.78, 5) is 12.0. The zero-order chi connectivity index (χ0) is 9.14. The van der Waals surface area contributed by atoms with E-state index in [0.717, 1.165) is 4.88 Å². The number of hydrogen-bond donors (Lipinski definition) is 1. The molecular formula is C8H11NO2S. The molecule has 1 aromatic heterocycles. The van der Waals surface area contributed by atoms with Crippen LogP contribution in [-0.4, -0.2) is 13.1 Å². The fraction of sp³-hybridized carbons (Fsp3) is 0.375. The summed E-state index contributed by atoms with van der Waals surface area (Å²) in [5.74, 6) is -0.307. The van der Waals surface area contributed by atoms with E-state index in [1.807, 2.05) is 6.92 Å². The Labute approximate surface area is 75.1 Å². The number of hydrogen-bond acceptors (Lipinski definition) is 4. The molecule has 3 nitrogen and oxygen atoms in total. The third-order valence-corrected chi connectivity index (χ3v) is 2.62. The van der Waals surface area contributed by atoms with Gasteiger partial charge in [0.25, 0.3) is 0 Å². The van der Waals surface area contributed by atoms with Crippen LogP contribution in [0.4, 0.5) is 0 Å². The highest BCUT2D eigenvalue weighted by Gasteiger charge is 2.09. The van der Waals surface area contributed by atoms with E-state index in [-0.39, 0.29) is 12.0 Å². The van der Waals surface area contributed by atoms with E-state index in [0.29, 0.717) is 5.56 Å². The van der Waals surface area contributed by atoms with Crippen molar-refractivity contribution in [2.24, 2.45) is 5.73 Å². The van der Waals surface area contributed by atoms with Gasteiger partial charge < -0.3 is 10.5 Å². The summed E-state index contributed by atoms with van der Waals surface area (Å²) >= 11 is 1.48. The molecule has 1 unspecified atom stereocenters. The minimum Gasteiger partial charge on any atom is -0.465 e. The summed E-state index contributed by atoms with van der Waals surface area (Å²) in [6.45, 7) is 1.88. The Bertz CT molecular complexity index is 280. The molecule has 0 aromatic carbocycles. The lowest BCUT2D eigenvalue weighted by atomic mass is 10.2. The molecular weight excluding hydrogens is 174 g/mol. The molecule has 1 atom stereocenters. The maximum atomic E-state index is 11.0. The summed E-state index contributed by atoms with van der Waals surface area (Å²) in [5.41, 5.74) is 6.21. The Kier molecular flexibility index (Phi) is 2.83. The number of thiophene rings is 1. The molecule has 2 N–H and O–H groups in total. The van der Waals surface area contributed by atoms with Crippen LogP contribution < -0.4 is 5.73 Å². The van der Waals surface area contributed by atoms with E-state index in [9.17, 15) is 4.79 Å². The molecule has 0 aliphatic rings. The van der Waals surface area contributed by atoms with Gasteiger partial charge in [-0.25, -0.2) is 4.79 Å². The number of carbonyl (C=O) groups is 1. The summed E-state index contributed by atoms with van der Waals surface area (Å²) in [5, 5.41) is 1.75. The van der Waals surface area contributed by atoms with E-state index < -0.39 is 0 Å². The number of nitrogens with two attached hydrogens (primary N) is 1. The second kappa shape index (κ2) is 3.69. The standard InChI is InChI=1S/C8H11NO2S/c1-5(9)7-3-6(4-12-7)8(10)11-2/h3-5H,9H2,1-2H3. The molecule has 1 aromatic rings. The van der Waals surface area contributed by atoms with Crippen molar-refractivity contribution in [3.05, 3.63) is 21.9 Å². The third kappa shape index (κ3) is 1.84. The molecule has 4 heteroatoms. The molecule has 0 amide bonds. The van der Waals surface area contributed by atoms with E-state index >= 15 is 0 Å². The van der Waals surface area contributed by atoms with Gasteiger partial charge in [-0.1, -0.05) is 0 Å². The van der Waals surface area contributed by atoms with Crippen LogP contribution >= 0.6 is 11.3 Å². The van der Waals surface area contributed by atoms with Crippen molar-refractivity contribution in [3.63, 3.8) is 0 Å². The van der Waals surface area contributed by atoms with Gasteiger partial charge in [0.2, 0.25) is 0 Å². The molecule has 0 bridgehead atoms. The fourth-order valence-corrected chi connectivity index (χ4v) is 1.65. The highest BCUT2D eigenvalue weighted by atomic mass is 32.1. The molecule has 0 spiro atoms. The second-order valence-corrected chi connectivity index (χ2v) is 3.46. The SMILES string of the molecule is COC(=O)c1csc(C(C)N)c1. The van der Waals surface area contributed by atoms with E-state index in [4.69, 9.17) is 5.73 Å². The average Bonchev–Trinajstić information content (AvgIpc) is 2.51. The summed E-state index contributed by atoms with van der Waals surface area (Å²) in [6, 6.07) is 1.75. The van der Waals surface area contributed by atoms with Gasteiger partial charge >= 0.3 is 5.97 Å². The van der Waals surface area contributed by atoms with Crippen LogP contribution in [0.5, 0.6) is 0 Å². The Morgan fingerprint density at radius 2 is 2.42 bits per heavy atom. The molecule has 0 aliphatic carbocycles. The van der Waals surface area contributed by atoms with Crippen molar-refractivity contribution in [2.75, 3.05) is 7.11 Å². The fourth-order valence-electron chi connectivity index (χ4n) is 0.816. The molecule has 66 valence electrons. The van der Waals surface area contributed by atoms with Crippen molar-refractivity contribution in [2.45, 2.75) is 13.0 Å². The highest BCUT2D eigenvalue weighted by Crippen LogP contribution is 2.20. The Morgan fingerprint density at radius 1 is 1.75 bits per heavy atom. The lowest BCUT2D eigenvalue weighted by Gasteiger charge is -1.97. The van der Waals surface area contributed by atoms with Gasteiger partial charge in [-0.05, 0) is 13.0 Å². The number of ether oxygens (including phenoxy) is 1. The normalized spacial score (nSPS) is 12.6. The van der Waals surface area contributed by atoms with E-state index in [1.54, 1.807) is 11.4 Å². The number of esters is 1. The number of rotatable bonds is 2. The van der Waals surface area contributed by atoms with Crippen LogP contribution in [0.1, 0.15) is 28.2 Å². The molecule has 0 fully saturated rings. The minimum absolute atomic E-state index is 0.0200. The van der Waals surface area contributed by atoms with Crippen molar-refractivity contribution in [1.29, 1.82) is 0 Å². The van der Waals surface area contributed by atoms with Crippen LogP contribution in [-0.2, 0) is 4.74 Å². The van der Waals surface area contributed by atoms with Crippen molar-refractivity contribution < 1.29 is 9.53 Å². The molecule has 0 radical (unpaired) electrons. The molecule has 0 saturated heterocycles. The maximum Gasteiger partial charge on any atom is 0.338 e. The predicted molar refractivity (Wildman–Crippen MR) is 48.3 cm³/mol. The first-order valence-electron chi connectivity index (χ1n) is 3.57. The Hall–Kier alpha value is -0.870. The van der Waals surface area contributed by atoms with Gasteiger partial charge in [0, 0.05) is 16.3 Å². The first kappa shape index (κ1) is 9.22. The molecule has 0 aliphatic heterocycles. The van der Waals surface area contributed by atoms with Gasteiger partial charge in [-0.15, -0.1) is 11.3 Å². The van der Waals surface area contributed by atoms with Crippen LogP contribution in [0.2, 0.25) is 0 Å². The Morgan fingerprint density at radius 3 is 2.83 bits per heavy atom. The zero-order valence-corrected chi connectivity index (χ0v) is 7.85. The first-order valence-corrected chi connectivity index (χ1v) is 4.45. The maximum absolute atomic E-state index is 11.0. The van der Waals surface area contributed by atoms with Crippen LogP contribution in [0.15, 0.2) is 11.4 Å². The molecule has 0 saturated carbocycles. The smallest absolute Gasteiger partial charge is 0.338 e. The van der Waals surface area contributed by atoms with Gasteiger partial charge in [-0.3, -0.25) is 0 Å². The summed E-state index contributed by atoms with van der Waals surface area (Å²) in [7, 11) is 1.37. The van der Waals surface area contributed by atoms with Crippen molar-refractivity contribution in [3.8, 4) is 0 Å². The predicted octanol–water partition coefficient (Wildman–Crippen LogP) is 1.55. The average molecular weight is 185 g/mol. The van der Waals surface area contributed by atoms with Crippen LogP contribution in [0, 0.1) is 0 Å². The molecule has 1 heterocycles. The van der Waals surface area contributed by atoms with Crippen LogP contribution in [0.25, 0.3) is 0 Å². The van der Waals surface area contributed by atoms with Gasteiger partial charge in [0.1, 0.15) is 0 Å². The number of carbonyl (C=O) groups excluding carboxylic acids is 1. The molecule has 12 heavy (non-hydrogen) atoms. The third-order valence-electron chi connectivity index (χ3n) is 1.49. The van der Waals surface area contributed by atoms with Gasteiger partial charge in [0.15, 0.2) is 0 Å². The topological polar surface area (TPSA) is 52.3 Å². The number of methoxy groups -OCH3 is 1. The second-order valence-electron chi connectivity index (χ2n) is 2.52. The lowest BCUT2D eigenvalue weighted by molar-refractivity contribution is 0.0601. The van der Waals surface area contributed by atoms with Crippen LogP contribution in [0.3, 0.4) is 0 Å². The largest absolute Gasteiger partial charge is 0.465 e. The lowest BCUT2D eigenvalue weighted by Crippen LogP contribution is -2.03. The highest BCUT2D eigenvalue weighted by molar-refractivity contribution is 7.10. The molecule has 1 rings (SSSR count). The quantitative estimate of drug-likeness (QED) is 0.711. The van der Waals surface area contributed by atoms with Crippen molar-refractivity contribution >= 4 is 17.3 Å². The summed E-state index contributed by atoms with van der Waals surface area (Å²) in [6.07, 6.45) is 0. The minimum atomic E-state index is -0.307. The summed E-state index contributed by atoms with van der Waals surface area (Å²) < 4.78 is 4.56. The Balaban J connectivity index is 2.84. The van der Waals surface area contributed by atoms with E-state index in [2.05, 4.69) is 4.74 Å². The zero-order valence-electron chi connectivity index (χ0n) is 7.03. The first-order chi connectivity index (χ1) is 5.65. The van der Waals surface area contributed by atoms with Gasteiger partial charge in [0.05, 0.1) is 12.7 Å². The van der Waals surface area contributed by atoms with Crippen molar-refractivity contribution in [1.82, 2.24) is 0 Å². The van der Waals surface area contributed by atoms with Gasteiger partial charge in [-0.2, -0.15) is 0 Å². The monoisotopic (exact) mass is 185 g/mol.